The van der Waals surface area contributed by atoms with Crippen LogP contribution in [0.25, 0.3) is 0 Å². The molecule has 1 aromatic heterocycles. The van der Waals surface area contributed by atoms with Gasteiger partial charge in [0.2, 0.25) is 0 Å². The minimum Gasteiger partial charge on any atom is -0.396 e. The standard InChI is InChI=1S/C11H14N2O4/c14-6-7-1-2-8(5-9(7)15)13-4-3-10(16)12-11(13)17/h1-4,7-9,14-15H,5-6H2,(H,12,16,17)/t7-,8-,9+/m1/s1. The molecule has 2 rings (SSSR count). The van der Waals surface area contributed by atoms with E-state index in [0.717, 1.165) is 0 Å². The summed E-state index contributed by atoms with van der Waals surface area (Å²) in [5.41, 5.74) is -0.943. The van der Waals surface area contributed by atoms with Gasteiger partial charge in [0.15, 0.2) is 0 Å². The summed E-state index contributed by atoms with van der Waals surface area (Å²) in [7, 11) is 0. The van der Waals surface area contributed by atoms with E-state index in [4.69, 9.17) is 5.11 Å². The third-order valence-corrected chi connectivity index (χ3v) is 2.98. The van der Waals surface area contributed by atoms with Crippen molar-refractivity contribution in [1.29, 1.82) is 0 Å². The van der Waals surface area contributed by atoms with Crippen LogP contribution in [-0.2, 0) is 0 Å². The SMILES string of the molecule is O=c1ccn([C@@H]2C=C[C@H](CO)[C@@H](O)C2)c(=O)[nH]1. The highest BCUT2D eigenvalue weighted by Gasteiger charge is 2.25. The maximum Gasteiger partial charge on any atom is 0.328 e. The van der Waals surface area contributed by atoms with Crippen molar-refractivity contribution < 1.29 is 10.2 Å². The van der Waals surface area contributed by atoms with E-state index in [1.165, 1.54) is 16.8 Å². The number of nitrogens with zero attached hydrogens (tertiary/aromatic N) is 1. The van der Waals surface area contributed by atoms with Gasteiger partial charge < -0.3 is 10.2 Å². The van der Waals surface area contributed by atoms with E-state index in [0.29, 0.717) is 6.42 Å². The summed E-state index contributed by atoms with van der Waals surface area (Å²) in [4.78, 5) is 24.6. The lowest BCUT2D eigenvalue weighted by molar-refractivity contribution is 0.0693. The highest BCUT2D eigenvalue weighted by Crippen LogP contribution is 2.24. The summed E-state index contributed by atoms with van der Waals surface area (Å²) in [6.07, 6.45) is 4.51. The van der Waals surface area contributed by atoms with Gasteiger partial charge in [-0.2, -0.15) is 0 Å². The number of aliphatic hydroxyl groups excluding tert-OH is 2. The van der Waals surface area contributed by atoms with E-state index in [1.807, 2.05) is 0 Å². The van der Waals surface area contributed by atoms with Crippen LogP contribution in [0, 0.1) is 5.92 Å². The Bertz CT molecular complexity index is 531. The summed E-state index contributed by atoms with van der Waals surface area (Å²) in [5, 5.41) is 18.7. The van der Waals surface area contributed by atoms with Crippen LogP contribution in [-0.4, -0.2) is 32.5 Å². The topological polar surface area (TPSA) is 95.3 Å². The fraction of sp³-hybridized carbons (Fsp3) is 0.455. The summed E-state index contributed by atoms with van der Waals surface area (Å²) in [6.45, 7) is -0.120. The molecular weight excluding hydrogens is 224 g/mol. The van der Waals surface area contributed by atoms with Gasteiger partial charge in [-0.1, -0.05) is 12.2 Å². The molecule has 0 spiro atoms. The van der Waals surface area contributed by atoms with Gasteiger partial charge in [0, 0.05) is 18.2 Å². The number of hydrogen-bond acceptors (Lipinski definition) is 4. The first-order chi connectivity index (χ1) is 8.11. The van der Waals surface area contributed by atoms with Crippen molar-refractivity contribution in [3.05, 3.63) is 45.3 Å². The molecule has 1 heterocycles. The molecule has 1 aromatic rings. The largest absolute Gasteiger partial charge is 0.396 e. The van der Waals surface area contributed by atoms with Crippen LogP contribution in [0.2, 0.25) is 0 Å². The lowest BCUT2D eigenvalue weighted by Crippen LogP contribution is -2.35. The van der Waals surface area contributed by atoms with Crippen LogP contribution in [0.1, 0.15) is 12.5 Å². The number of hydrogen-bond donors (Lipinski definition) is 3. The van der Waals surface area contributed by atoms with E-state index < -0.39 is 17.4 Å². The summed E-state index contributed by atoms with van der Waals surface area (Å²) < 4.78 is 1.36. The van der Waals surface area contributed by atoms with E-state index in [1.54, 1.807) is 12.2 Å². The van der Waals surface area contributed by atoms with E-state index in [9.17, 15) is 14.7 Å². The number of nitrogens with one attached hydrogen (secondary N) is 1. The zero-order valence-electron chi connectivity index (χ0n) is 9.11. The molecule has 0 saturated carbocycles. The van der Waals surface area contributed by atoms with Gasteiger partial charge in [0.1, 0.15) is 0 Å². The van der Waals surface area contributed by atoms with Crippen molar-refractivity contribution in [2.24, 2.45) is 5.92 Å². The molecule has 0 radical (unpaired) electrons. The Morgan fingerprint density at radius 2 is 2.18 bits per heavy atom. The molecular formula is C11H14N2O4. The van der Waals surface area contributed by atoms with Crippen LogP contribution < -0.4 is 11.2 Å². The lowest BCUT2D eigenvalue weighted by Gasteiger charge is -2.27. The molecule has 0 aromatic carbocycles. The second-order valence-corrected chi connectivity index (χ2v) is 4.12. The maximum atomic E-state index is 11.5. The van der Waals surface area contributed by atoms with Gasteiger partial charge in [-0.05, 0) is 6.42 Å². The molecule has 17 heavy (non-hydrogen) atoms. The van der Waals surface area contributed by atoms with Gasteiger partial charge in [-0.15, -0.1) is 0 Å². The van der Waals surface area contributed by atoms with Crippen molar-refractivity contribution in [1.82, 2.24) is 9.55 Å². The molecule has 3 atom stereocenters. The number of aromatic nitrogens is 2. The molecule has 0 aliphatic heterocycles. The Labute approximate surface area is 96.9 Å². The molecule has 1 aliphatic rings. The predicted octanol–water partition coefficient (Wildman–Crippen LogP) is -0.993. The number of aliphatic hydroxyl groups is 2. The minimum atomic E-state index is -0.686. The zero-order chi connectivity index (χ0) is 12.4. The van der Waals surface area contributed by atoms with Crippen LogP contribution in [0.5, 0.6) is 0 Å². The highest BCUT2D eigenvalue weighted by atomic mass is 16.3. The maximum absolute atomic E-state index is 11.5. The predicted molar refractivity (Wildman–Crippen MR) is 60.7 cm³/mol. The molecule has 92 valence electrons. The second-order valence-electron chi connectivity index (χ2n) is 4.12. The van der Waals surface area contributed by atoms with Gasteiger partial charge in [-0.3, -0.25) is 14.3 Å². The van der Waals surface area contributed by atoms with Crippen molar-refractivity contribution in [2.75, 3.05) is 6.61 Å². The first-order valence-corrected chi connectivity index (χ1v) is 5.40. The molecule has 6 heteroatoms. The Morgan fingerprint density at radius 3 is 2.76 bits per heavy atom. The summed E-state index contributed by atoms with van der Waals surface area (Å²) in [5.74, 6) is -0.287. The van der Waals surface area contributed by atoms with Gasteiger partial charge >= 0.3 is 5.69 Å². The average Bonchev–Trinajstić information content (AvgIpc) is 2.29. The Kier molecular flexibility index (Phi) is 3.26. The molecule has 0 amide bonds. The smallest absolute Gasteiger partial charge is 0.328 e. The molecule has 0 bridgehead atoms. The lowest BCUT2D eigenvalue weighted by atomic mass is 9.90. The second kappa shape index (κ2) is 4.68. The van der Waals surface area contributed by atoms with Crippen LogP contribution >= 0.6 is 0 Å². The Hall–Kier alpha value is -1.66. The number of allylic oxidation sites excluding steroid dienone is 1. The molecule has 6 nitrogen and oxygen atoms in total. The van der Waals surface area contributed by atoms with E-state index in [-0.39, 0.29) is 18.6 Å². The van der Waals surface area contributed by atoms with Crippen molar-refractivity contribution in [2.45, 2.75) is 18.6 Å². The van der Waals surface area contributed by atoms with Gasteiger partial charge in [-0.25, -0.2) is 4.79 Å². The number of aromatic amines is 1. The molecule has 3 N–H and O–H groups in total. The van der Waals surface area contributed by atoms with Crippen LogP contribution in [0.15, 0.2) is 34.0 Å². The normalized spacial score (nSPS) is 28.2. The van der Waals surface area contributed by atoms with Crippen molar-refractivity contribution >= 4 is 0 Å². The quantitative estimate of drug-likeness (QED) is 0.576. The molecule has 0 fully saturated rings. The summed E-state index contributed by atoms with van der Waals surface area (Å²) >= 11 is 0. The average molecular weight is 238 g/mol. The monoisotopic (exact) mass is 238 g/mol. The third kappa shape index (κ3) is 2.37. The molecule has 0 saturated heterocycles. The van der Waals surface area contributed by atoms with Crippen LogP contribution in [0.3, 0.4) is 0 Å². The van der Waals surface area contributed by atoms with Crippen LogP contribution in [0.4, 0.5) is 0 Å². The van der Waals surface area contributed by atoms with E-state index in [2.05, 4.69) is 4.98 Å². The third-order valence-electron chi connectivity index (χ3n) is 2.98. The molecule has 1 aliphatic carbocycles. The first-order valence-electron chi connectivity index (χ1n) is 5.40. The summed E-state index contributed by atoms with van der Waals surface area (Å²) in [6, 6.07) is 0.969. The highest BCUT2D eigenvalue weighted by molar-refractivity contribution is 5.05. The number of rotatable bonds is 2. The Morgan fingerprint density at radius 1 is 1.41 bits per heavy atom. The molecule has 0 unspecified atom stereocenters. The van der Waals surface area contributed by atoms with Gasteiger partial charge in [0.25, 0.3) is 5.56 Å². The fourth-order valence-corrected chi connectivity index (χ4v) is 1.98. The van der Waals surface area contributed by atoms with Gasteiger partial charge in [0.05, 0.1) is 18.8 Å². The van der Waals surface area contributed by atoms with E-state index >= 15 is 0 Å². The zero-order valence-corrected chi connectivity index (χ0v) is 9.11. The fourth-order valence-electron chi connectivity index (χ4n) is 1.98. The van der Waals surface area contributed by atoms with Crippen molar-refractivity contribution in [3.63, 3.8) is 0 Å². The Balaban J connectivity index is 2.30. The first kappa shape index (κ1) is 11.8. The minimum absolute atomic E-state index is 0.120. The van der Waals surface area contributed by atoms with Crippen molar-refractivity contribution in [3.8, 4) is 0 Å². The number of H-pyrrole nitrogens is 1.